The van der Waals surface area contributed by atoms with Gasteiger partial charge in [-0.2, -0.15) is 5.10 Å². The molecule has 2 aromatic rings. The maximum absolute atomic E-state index is 5.81. The third-order valence-electron chi connectivity index (χ3n) is 3.22. The van der Waals surface area contributed by atoms with E-state index in [4.69, 9.17) is 5.73 Å². The van der Waals surface area contributed by atoms with Gasteiger partial charge in [-0.05, 0) is 38.8 Å². The monoisotopic (exact) mass is 244 g/mol. The summed E-state index contributed by atoms with van der Waals surface area (Å²) < 4.78 is 2.05. The molecule has 0 radical (unpaired) electrons. The Hall–Kier alpha value is -1.84. The maximum Gasteiger partial charge on any atom is 0.0743 e. The third kappa shape index (κ3) is 2.10. The van der Waals surface area contributed by atoms with E-state index in [2.05, 4.69) is 28.6 Å². The smallest absolute Gasteiger partial charge is 0.0743 e. The van der Waals surface area contributed by atoms with Gasteiger partial charge in [0.1, 0.15) is 0 Å². The number of rotatable bonds is 3. The average molecular weight is 244 g/mol. The molecule has 0 aromatic carbocycles. The number of aromatic nitrogens is 3. The second-order valence-electron chi connectivity index (χ2n) is 4.70. The van der Waals surface area contributed by atoms with Gasteiger partial charge in [-0.3, -0.25) is 9.67 Å². The molecule has 0 saturated heterocycles. The van der Waals surface area contributed by atoms with Gasteiger partial charge in [0.15, 0.2) is 0 Å². The van der Waals surface area contributed by atoms with Gasteiger partial charge in [0.25, 0.3) is 0 Å². The molecule has 4 nitrogen and oxygen atoms in total. The molecule has 0 aliphatic carbocycles. The van der Waals surface area contributed by atoms with Crippen molar-refractivity contribution in [3.05, 3.63) is 29.2 Å². The normalized spacial score (nSPS) is 10.9. The van der Waals surface area contributed by atoms with Crippen LogP contribution < -0.4 is 5.73 Å². The van der Waals surface area contributed by atoms with Crippen LogP contribution >= 0.6 is 0 Å². The van der Waals surface area contributed by atoms with Crippen LogP contribution in [0.4, 0.5) is 5.69 Å². The van der Waals surface area contributed by atoms with E-state index >= 15 is 0 Å². The number of pyridine rings is 1. The summed E-state index contributed by atoms with van der Waals surface area (Å²) in [4.78, 5) is 4.43. The van der Waals surface area contributed by atoms with E-state index in [1.165, 1.54) is 5.69 Å². The van der Waals surface area contributed by atoms with E-state index < -0.39 is 0 Å². The summed E-state index contributed by atoms with van der Waals surface area (Å²) in [5, 5.41) is 4.57. The summed E-state index contributed by atoms with van der Waals surface area (Å²) in [6.45, 7) is 9.23. The zero-order valence-electron chi connectivity index (χ0n) is 11.5. The molecular weight excluding hydrogens is 224 g/mol. The van der Waals surface area contributed by atoms with Crippen LogP contribution in [0.15, 0.2) is 12.3 Å². The zero-order valence-corrected chi connectivity index (χ0v) is 11.5. The van der Waals surface area contributed by atoms with Crippen LogP contribution in [-0.2, 0) is 6.54 Å². The second kappa shape index (κ2) is 4.80. The van der Waals surface area contributed by atoms with Crippen LogP contribution in [0.1, 0.15) is 30.3 Å². The molecule has 0 unspecified atom stereocenters. The number of nitrogens with zero attached hydrogens (tertiary/aromatic N) is 3. The maximum atomic E-state index is 5.81. The van der Waals surface area contributed by atoms with Crippen molar-refractivity contribution in [1.29, 1.82) is 0 Å². The Bertz CT molecular complexity index is 569. The molecule has 2 heterocycles. The van der Waals surface area contributed by atoms with Crippen LogP contribution in [0.3, 0.4) is 0 Å². The molecule has 4 heteroatoms. The Kier molecular flexibility index (Phi) is 3.36. The summed E-state index contributed by atoms with van der Waals surface area (Å²) in [6.07, 6.45) is 2.80. The lowest BCUT2D eigenvalue weighted by Gasteiger charge is -2.06. The van der Waals surface area contributed by atoms with Gasteiger partial charge in [-0.1, -0.05) is 6.92 Å². The molecule has 2 rings (SSSR count). The number of aryl methyl sites for hydroxylation is 3. The SMILES string of the molecule is CCCn1nc(C)c(-c2cc(C)c(N)cn2)c1C. The standard InChI is InChI=1S/C14H20N4/c1-5-6-18-11(4)14(10(3)17-18)13-7-9(2)12(15)8-16-13/h7-8H,5-6,15H2,1-4H3. The Morgan fingerprint density at radius 1 is 1.28 bits per heavy atom. The lowest BCUT2D eigenvalue weighted by Crippen LogP contribution is -2.01. The molecule has 0 bridgehead atoms. The Labute approximate surface area is 108 Å². The first-order valence-electron chi connectivity index (χ1n) is 6.31. The largest absolute Gasteiger partial charge is 0.397 e. The fourth-order valence-corrected chi connectivity index (χ4v) is 2.20. The van der Waals surface area contributed by atoms with E-state index in [1.807, 2.05) is 19.9 Å². The van der Waals surface area contributed by atoms with Crippen LogP contribution in [0, 0.1) is 20.8 Å². The summed E-state index contributed by atoms with van der Waals surface area (Å²) in [5.41, 5.74) is 11.9. The first-order valence-corrected chi connectivity index (χ1v) is 6.31. The van der Waals surface area contributed by atoms with Crippen LogP contribution in [0.25, 0.3) is 11.3 Å². The van der Waals surface area contributed by atoms with E-state index in [0.717, 1.165) is 41.2 Å². The average Bonchev–Trinajstić information content (AvgIpc) is 2.59. The molecular formula is C14H20N4. The lowest BCUT2D eigenvalue weighted by molar-refractivity contribution is 0.583. The van der Waals surface area contributed by atoms with Gasteiger partial charge in [-0.15, -0.1) is 0 Å². The summed E-state index contributed by atoms with van der Waals surface area (Å²) in [5.74, 6) is 0. The van der Waals surface area contributed by atoms with Crippen LogP contribution in [-0.4, -0.2) is 14.8 Å². The van der Waals surface area contributed by atoms with E-state index in [1.54, 1.807) is 6.20 Å². The number of anilines is 1. The number of nitrogen functional groups attached to an aromatic ring is 1. The quantitative estimate of drug-likeness (QED) is 0.903. The highest BCUT2D eigenvalue weighted by Gasteiger charge is 2.14. The molecule has 0 fully saturated rings. The van der Waals surface area contributed by atoms with Crippen molar-refractivity contribution in [3.8, 4) is 11.3 Å². The molecule has 2 aromatic heterocycles. The highest BCUT2D eigenvalue weighted by Crippen LogP contribution is 2.27. The van der Waals surface area contributed by atoms with Crippen molar-refractivity contribution >= 4 is 5.69 Å². The van der Waals surface area contributed by atoms with Crippen molar-refractivity contribution in [1.82, 2.24) is 14.8 Å². The number of hydrogen-bond donors (Lipinski definition) is 1. The van der Waals surface area contributed by atoms with Crippen molar-refractivity contribution in [3.63, 3.8) is 0 Å². The van der Waals surface area contributed by atoms with Gasteiger partial charge in [0.05, 0.1) is 23.3 Å². The fourth-order valence-electron chi connectivity index (χ4n) is 2.20. The van der Waals surface area contributed by atoms with Gasteiger partial charge in [-0.25, -0.2) is 0 Å². The van der Waals surface area contributed by atoms with Crippen LogP contribution in [0.2, 0.25) is 0 Å². The molecule has 0 saturated carbocycles. The summed E-state index contributed by atoms with van der Waals surface area (Å²) in [6, 6.07) is 2.03. The molecule has 0 aliphatic rings. The first-order chi connectivity index (χ1) is 8.54. The van der Waals surface area contributed by atoms with Crippen molar-refractivity contribution in [2.75, 3.05) is 5.73 Å². The Morgan fingerprint density at radius 3 is 2.61 bits per heavy atom. The van der Waals surface area contributed by atoms with E-state index in [9.17, 15) is 0 Å². The van der Waals surface area contributed by atoms with Gasteiger partial charge in [0.2, 0.25) is 0 Å². The molecule has 96 valence electrons. The zero-order chi connectivity index (χ0) is 13.3. The van der Waals surface area contributed by atoms with Crippen molar-refractivity contribution in [2.45, 2.75) is 40.7 Å². The molecule has 0 aliphatic heterocycles. The van der Waals surface area contributed by atoms with Gasteiger partial charge in [0, 0.05) is 17.8 Å². The minimum atomic E-state index is 0.731. The topological polar surface area (TPSA) is 56.7 Å². The second-order valence-corrected chi connectivity index (χ2v) is 4.70. The highest BCUT2D eigenvalue weighted by molar-refractivity contribution is 5.67. The number of nitrogens with two attached hydrogens (primary N) is 1. The molecule has 2 N–H and O–H groups in total. The minimum Gasteiger partial charge on any atom is -0.397 e. The Balaban J connectivity index is 2.53. The van der Waals surface area contributed by atoms with Crippen molar-refractivity contribution in [2.24, 2.45) is 0 Å². The van der Waals surface area contributed by atoms with E-state index in [-0.39, 0.29) is 0 Å². The molecule has 0 atom stereocenters. The molecule has 0 amide bonds. The fraction of sp³-hybridized carbons (Fsp3) is 0.429. The van der Waals surface area contributed by atoms with Gasteiger partial charge >= 0.3 is 0 Å². The lowest BCUT2D eigenvalue weighted by atomic mass is 10.1. The molecule has 18 heavy (non-hydrogen) atoms. The third-order valence-corrected chi connectivity index (χ3v) is 3.22. The first kappa shape index (κ1) is 12.6. The van der Waals surface area contributed by atoms with Gasteiger partial charge < -0.3 is 5.73 Å². The predicted octanol–water partition coefficient (Wildman–Crippen LogP) is 2.86. The van der Waals surface area contributed by atoms with Crippen LogP contribution in [0.5, 0.6) is 0 Å². The number of hydrogen-bond acceptors (Lipinski definition) is 3. The summed E-state index contributed by atoms with van der Waals surface area (Å²) in [7, 11) is 0. The summed E-state index contributed by atoms with van der Waals surface area (Å²) >= 11 is 0. The highest BCUT2D eigenvalue weighted by atomic mass is 15.3. The van der Waals surface area contributed by atoms with Crippen molar-refractivity contribution < 1.29 is 0 Å². The predicted molar refractivity (Wildman–Crippen MR) is 74.4 cm³/mol. The molecule has 0 spiro atoms. The van der Waals surface area contributed by atoms with E-state index in [0.29, 0.717) is 0 Å². The Morgan fingerprint density at radius 2 is 2.00 bits per heavy atom. The minimum absolute atomic E-state index is 0.731.